The van der Waals surface area contributed by atoms with E-state index in [9.17, 15) is 18.0 Å². The maximum atomic E-state index is 15.0. The topological polar surface area (TPSA) is 51.2 Å². The quantitative estimate of drug-likeness (QED) is 0.287. The molecule has 3 aromatic carbocycles. The first-order valence-corrected chi connectivity index (χ1v) is 13.3. The summed E-state index contributed by atoms with van der Waals surface area (Å²) in [5, 5.41) is 0. The summed E-state index contributed by atoms with van der Waals surface area (Å²) in [5.41, 5.74) is -0.373. The summed E-state index contributed by atoms with van der Waals surface area (Å²) in [4.78, 5) is 15.8. The number of ether oxygens (including phenoxy) is 3. The molecule has 9 heteroatoms. The minimum atomic E-state index is -4.83. The molecule has 1 aliphatic carbocycles. The van der Waals surface area contributed by atoms with Gasteiger partial charge in [0.2, 0.25) is 5.54 Å². The van der Waals surface area contributed by atoms with Gasteiger partial charge in [0.1, 0.15) is 11.5 Å². The lowest BCUT2D eigenvalue weighted by molar-refractivity contribution is -0.204. The van der Waals surface area contributed by atoms with E-state index in [1.807, 2.05) is 24.3 Å². The second kappa shape index (κ2) is 11.4. The SMILES string of the molecule is COc1ccc(COCc2ccc3c(c2)N(Cc2ccc(OC)cc2)C(=O)N(C)C3(C#CC2CC2)C(F)(F)F)cc1. The van der Waals surface area contributed by atoms with E-state index < -0.39 is 17.7 Å². The van der Waals surface area contributed by atoms with Crippen molar-refractivity contribution in [3.8, 4) is 23.3 Å². The van der Waals surface area contributed by atoms with Gasteiger partial charge in [0.25, 0.3) is 0 Å². The minimum absolute atomic E-state index is 0.0698. The molecular weight excluding hydrogens is 533 g/mol. The number of carbonyl (C=O) groups excluding carboxylic acids is 1. The molecule has 1 unspecified atom stereocenters. The van der Waals surface area contributed by atoms with Crippen LogP contribution >= 0.6 is 0 Å². The molecule has 5 rings (SSSR count). The van der Waals surface area contributed by atoms with Gasteiger partial charge in [-0.2, -0.15) is 13.2 Å². The fraction of sp³-hybridized carbons (Fsp3) is 0.344. The Kier molecular flexibility index (Phi) is 7.87. The van der Waals surface area contributed by atoms with Crippen molar-refractivity contribution in [3.63, 3.8) is 0 Å². The average molecular weight is 565 g/mol. The maximum Gasteiger partial charge on any atom is 0.427 e. The van der Waals surface area contributed by atoms with Crippen LogP contribution in [0.1, 0.15) is 35.1 Å². The Morgan fingerprint density at radius 1 is 0.878 bits per heavy atom. The van der Waals surface area contributed by atoms with Gasteiger partial charge in [-0.25, -0.2) is 4.79 Å². The van der Waals surface area contributed by atoms with Crippen molar-refractivity contribution in [2.45, 2.75) is 44.3 Å². The van der Waals surface area contributed by atoms with E-state index >= 15 is 0 Å². The number of urea groups is 1. The van der Waals surface area contributed by atoms with Crippen molar-refractivity contribution in [3.05, 3.63) is 89.0 Å². The van der Waals surface area contributed by atoms with Gasteiger partial charge >= 0.3 is 12.2 Å². The molecule has 0 radical (unpaired) electrons. The van der Waals surface area contributed by atoms with Crippen molar-refractivity contribution >= 4 is 11.7 Å². The van der Waals surface area contributed by atoms with Gasteiger partial charge in [0, 0.05) is 18.5 Å². The number of hydrogen-bond acceptors (Lipinski definition) is 4. The Hall–Kier alpha value is -4.16. The number of rotatable bonds is 8. The minimum Gasteiger partial charge on any atom is -0.497 e. The maximum absolute atomic E-state index is 15.0. The van der Waals surface area contributed by atoms with Gasteiger partial charge in [-0.1, -0.05) is 48.2 Å². The number of methoxy groups -OCH3 is 2. The van der Waals surface area contributed by atoms with Crippen LogP contribution in [0, 0.1) is 17.8 Å². The molecule has 214 valence electrons. The molecule has 2 aliphatic rings. The van der Waals surface area contributed by atoms with Gasteiger partial charge in [-0.15, -0.1) is 0 Å². The number of anilines is 1. The molecule has 0 spiro atoms. The Morgan fingerprint density at radius 2 is 1.44 bits per heavy atom. The fourth-order valence-corrected chi connectivity index (χ4v) is 4.88. The van der Waals surface area contributed by atoms with Crippen LogP contribution in [0.15, 0.2) is 66.7 Å². The monoisotopic (exact) mass is 564 g/mol. The Balaban J connectivity index is 1.51. The summed E-state index contributed by atoms with van der Waals surface area (Å²) in [5.74, 6) is 6.59. The number of carbonyl (C=O) groups is 1. The smallest absolute Gasteiger partial charge is 0.427 e. The van der Waals surface area contributed by atoms with E-state index in [0.717, 1.165) is 34.6 Å². The lowest BCUT2D eigenvalue weighted by Gasteiger charge is -2.47. The van der Waals surface area contributed by atoms with Crippen LogP contribution in [0.3, 0.4) is 0 Å². The number of halogens is 3. The van der Waals surface area contributed by atoms with Crippen LogP contribution in [-0.2, 0) is 30.0 Å². The highest BCUT2D eigenvalue weighted by atomic mass is 19.4. The van der Waals surface area contributed by atoms with E-state index in [1.165, 1.54) is 18.0 Å². The van der Waals surface area contributed by atoms with E-state index in [0.29, 0.717) is 17.9 Å². The normalized spacial score (nSPS) is 18.4. The molecule has 3 aromatic rings. The lowest BCUT2D eigenvalue weighted by Crippen LogP contribution is -2.62. The summed E-state index contributed by atoms with van der Waals surface area (Å²) >= 11 is 0. The Labute approximate surface area is 237 Å². The molecule has 41 heavy (non-hydrogen) atoms. The van der Waals surface area contributed by atoms with Crippen molar-refractivity contribution in [2.75, 3.05) is 26.2 Å². The van der Waals surface area contributed by atoms with Crippen molar-refractivity contribution in [2.24, 2.45) is 5.92 Å². The Morgan fingerprint density at radius 3 is 2.00 bits per heavy atom. The van der Waals surface area contributed by atoms with Gasteiger partial charge in [0.15, 0.2) is 0 Å². The number of nitrogens with zero attached hydrogens (tertiary/aromatic N) is 2. The average Bonchev–Trinajstić information content (AvgIpc) is 3.80. The van der Waals surface area contributed by atoms with Crippen LogP contribution in [0.5, 0.6) is 11.5 Å². The third-order valence-corrected chi connectivity index (χ3v) is 7.40. The zero-order valence-corrected chi connectivity index (χ0v) is 23.1. The predicted octanol–water partition coefficient (Wildman–Crippen LogP) is 6.66. The molecule has 1 fully saturated rings. The summed E-state index contributed by atoms with van der Waals surface area (Å²) in [7, 11) is 4.31. The third-order valence-electron chi connectivity index (χ3n) is 7.40. The van der Waals surface area contributed by atoms with Crippen molar-refractivity contribution < 1.29 is 32.2 Å². The number of hydrogen-bond donors (Lipinski definition) is 0. The molecule has 0 aromatic heterocycles. The van der Waals surface area contributed by atoms with Gasteiger partial charge in [0.05, 0.1) is 39.7 Å². The zero-order valence-electron chi connectivity index (χ0n) is 23.1. The van der Waals surface area contributed by atoms with E-state index in [2.05, 4.69) is 11.8 Å². The first-order valence-electron chi connectivity index (χ1n) is 13.3. The number of amides is 2. The zero-order chi connectivity index (χ0) is 29.2. The number of fused-ring (bicyclic) bond motifs is 1. The molecule has 6 nitrogen and oxygen atoms in total. The van der Waals surface area contributed by atoms with Crippen molar-refractivity contribution in [1.29, 1.82) is 0 Å². The van der Waals surface area contributed by atoms with E-state index in [-0.39, 0.29) is 30.3 Å². The van der Waals surface area contributed by atoms with Crippen LogP contribution in [-0.4, -0.2) is 38.4 Å². The molecular formula is C32H31F3N2O4. The number of alkyl halides is 3. The molecule has 0 N–H and O–H groups in total. The van der Waals surface area contributed by atoms with Crippen LogP contribution in [0.4, 0.5) is 23.7 Å². The Bertz CT molecular complexity index is 1460. The highest BCUT2D eigenvalue weighted by Gasteiger charge is 2.63. The highest BCUT2D eigenvalue weighted by Crippen LogP contribution is 2.50. The first-order chi connectivity index (χ1) is 19.7. The molecule has 1 heterocycles. The summed E-state index contributed by atoms with van der Waals surface area (Å²) in [6.45, 7) is 0.518. The molecule has 0 saturated heterocycles. The summed E-state index contributed by atoms with van der Waals surface area (Å²) < 4.78 is 61.2. The van der Waals surface area contributed by atoms with Crippen LogP contribution < -0.4 is 14.4 Å². The van der Waals surface area contributed by atoms with E-state index in [4.69, 9.17) is 14.2 Å². The molecule has 2 amide bonds. The van der Waals surface area contributed by atoms with Crippen LogP contribution in [0.25, 0.3) is 0 Å². The number of benzene rings is 3. The lowest BCUT2D eigenvalue weighted by atomic mass is 9.83. The summed E-state index contributed by atoms with van der Waals surface area (Å²) in [6.07, 6.45) is -3.30. The standard InChI is InChI=1S/C32H31F3N2O4/c1-36-30(38)37(19-23-6-11-26(39-2)12-7-23)29-18-25(21-41-20-24-8-13-27(40-3)14-9-24)10-15-28(29)31(36,32(33,34)35)17-16-22-4-5-22/h6-15,18,22H,4-5,19-21H2,1-3H3. The molecule has 0 bridgehead atoms. The second-order valence-corrected chi connectivity index (χ2v) is 10.2. The fourth-order valence-electron chi connectivity index (χ4n) is 4.88. The van der Waals surface area contributed by atoms with Crippen LogP contribution in [0.2, 0.25) is 0 Å². The second-order valence-electron chi connectivity index (χ2n) is 10.2. The third kappa shape index (κ3) is 5.70. The molecule has 1 saturated carbocycles. The van der Waals surface area contributed by atoms with Gasteiger partial charge in [-0.05, 0) is 59.9 Å². The molecule has 1 aliphatic heterocycles. The van der Waals surface area contributed by atoms with Gasteiger partial charge in [-0.3, -0.25) is 9.80 Å². The largest absolute Gasteiger partial charge is 0.497 e. The van der Waals surface area contributed by atoms with E-state index in [1.54, 1.807) is 50.6 Å². The highest BCUT2D eigenvalue weighted by molar-refractivity contribution is 5.97. The summed E-state index contributed by atoms with van der Waals surface area (Å²) in [6, 6.07) is 18.4. The molecule has 1 atom stereocenters. The predicted molar refractivity (Wildman–Crippen MR) is 148 cm³/mol. The first kappa shape index (κ1) is 28.4. The van der Waals surface area contributed by atoms with Crippen molar-refractivity contribution in [1.82, 2.24) is 4.90 Å². The van der Waals surface area contributed by atoms with Gasteiger partial charge < -0.3 is 14.2 Å².